The van der Waals surface area contributed by atoms with Crippen molar-refractivity contribution in [2.24, 2.45) is 5.92 Å². The van der Waals surface area contributed by atoms with Crippen LogP contribution >= 0.6 is 11.8 Å². The molecule has 2 aromatic carbocycles. The van der Waals surface area contributed by atoms with Crippen molar-refractivity contribution in [3.05, 3.63) is 66.0 Å². The molecule has 1 heterocycles. The highest BCUT2D eigenvalue weighted by Gasteiger charge is 2.19. The number of rotatable bonds is 9. The summed E-state index contributed by atoms with van der Waals surface area (Å²) < 4.78 is 16.2. The highest BCUT2D eigenvalue weighted by Crippen LogP contribution is 2.27. The zero-order valence-electron chi connectivity index (χ0n) is 17.5. The minimum Gasteiger partial charge on any atom is -0.355 e. The Morgan fingerprint density at radius 2 is 1.77 bits per heavy atom. The van der Waals surface area contributed by atoms with Crippen LogP contribution in [-0.4, -0.2) is 33.0 Å². The molecule has 1 unspecified atom stereocenters. The second-order valence-corrected chi connectivity index (χ2v) is 8.64. The van der Waals surface area contributed by atoms with Crippen molar-refractivity contribution in [3.8, 4) is 11.4 Å². The van der Waals surface area contributed by atoms with Crippen LogP contribution in [0.5, 0.6) is 0 Å². The minimum absolute atomic E-state index is 0.0608. The zero-order chi connectivity index (χ0) is 21.5. The molecule has 1 atom stereocenters. The predicted octanol–water partition coefficient (Wildman–Crippen LogP) is 4.75. The Labute approximate surface area is 181 Å². The maximum Gasteiger partial charge on any atom is 0.230 e. The van der Waals surface area contributed by atoms with Gasteiger partial charge in [0.1, 0.15) is 5.82 Å². The number of aromatic nitrogens is 3. The van der Waals surface area contributed by atoms with Crippen molar-refractivity contribution in [1.82, 2.24) is 20.1 Å². The Kier molecular flexibility index (Phi) is 7.63. The van der Waals surface area contributed by atoms with E-state index in [2.05, 4.69) is 48.4 Å². The number of halogens is 1. The van der Waals surface area contributed by atoms with Gasteiger partial charge < -0.3 is 9.88 Å². The van der Waals surface area contributed by atoms with E-state index in [9.17, 15) is 9.18 Å². The number of hydrogen-bond donors (Lipinski definition) is 1. The number of carbonyl (C=O) groups is 1. The average Bonchev–Trinajstić information content (AvgIpc) is 3.13. The van der Waals surface area contributed by atoms with Gasteiger partial charge in [0, 0.05) is 13.1 Å². The van der Waals surface area contributed by atoms with Gasteiger partial charge in [-0.15, -0.1) is 10.2 Å². The van der Waals surface area contributed by atoms with Gasteiger partial charge in [-0.25, -0.2) is 4.39 Å². The lowest BCUT2D eigenvalue weighted by Gasteiger charge is -2.14. The van der Waals surface area contributed by atoms with Crippen LogP contribution in [0.1, 0.15) is 32.3 Å². The van der Waals surface area contributed by atoms with Crippen molar-refractivity contribution >= 4 is 17.7 Å². The number of thioether (sulfide) groups is 1. The van der Waals surface area contributed by atoms with Gasteiger partial charge in [0.2, 0.25) is 5.91 Å². The van der Waals surface area contributed by atoms with Gasteiger partial charge in [0.25, 0.3) is 0 Å². The fourth-order valence-electron chi connectivity index (χ4n) is 3.11. The average molecular weight is 427 g/mol. The third kappa shape index (κ3) is 5.69. The molecule has 5 nitrogen and oxygen atoms in total. The van der Waals surface area contributed by atoms with E-state index in [1.807, 2.05) is 22.8 Å². The second kappa shape index (κ2) is 10.4. The topological polar surface area (TPSA) is 59.8 Å². The molecule has 0 aliphatic heterocycles. The van der Waals surface area contributed by atoms with Crippen molar-refractivity contribution < 1.29 is 9.18 Å². The molecule has 158 valence electrons. The van der Waals surface area contributed by atoms with E-state index in [0.717, 1.165) is 0 Å². The van der Waals surface area contributed by atoms with Crippen LogP contribution in [0.4, 0.5) is 4.39 Å². The molecule has 0 radical (unpaired) electrons. The van der Waals surface area contributed by atoms with Crippen LogP contribution in [0.3, 0.4) is 0 Å². The zero-order valence-corrected chi connectivity index (χ0v) is 18.3. The van der Waals surface area contributed by atoms with E-state index >= 15 is 0 Å². The summed E-state index contributed by atoms with van der Waals surface area (Å²) in [5.74, 6) is 0.884. The fourth-order valence-corrected chi connectivity index (χ4v) is 3.89. The Balaban J connectivity index is 1.64. The lowest BCUT2D eigenvalue weighted by Crippen LogP contribution is -2.29. The molecule has 0 spiro atoms. The van der Waals surface area contributed by atoms with Crippen LogP contribution in [0.2, 0.25) is 0 Å². The molecule has 0 saturated heterocycles. The van der Waals surface area contributed by atoms with Crippen LogP contribution in [0.15, 0.2) is 59.8 Å². The summed E-state index contributed by atoms with van der Waals surface area (Å²) in [4.78, 5) is 12.4. The molecular formula is C23H27FN4OS. The second-order valence-electron chi connectivity index (χ2n) is 7.69. The largest absolute Gasteiger partial charge is 0.355 e. The molecule has 3 rings (SSSR count). The lowest BCUT2D eigenvalue weighted by atomic mass is 10.0. The third-order valence-corrected chi connectivity index (χ3v) is 5.65. The maximum absolute atomic E-state index is 14.3. The monoisotopic (exact) mass is 426 g/mol. The number of benzene rings is 2. The summed E-state index contributed by atoms with van der Waals surface area (Å²) >= 11 is 1.32. The van der Waals surface area contributed by atoms with Gasteiger partial charge in [-0.05, 0) is 29.5 Å². The molecule has 0 saturated carbocycles. The molecule has 30 heavy (non-hydrogen) atoms. The van der Waals surface area contributed by atoms with Crippen molar-refractivity contribution in [3.63, 3.8) is 0 Å². The summed E-state index contributed by atoms with van der Waals surface area (Å²) in [7, 11) is 0. The highest BCUT2D eigenvalue weighted by atomic mass is 32.2. The summed E-state index contributed by atoms with van der Waals surface area (Å²) in [6.45, 7) is 7.46. The smallest absolute Gasteiger partial charge is 0.230 e. The van der Waals surface area contributed by atoms with Crippen LogP contribution in [-0.2, 0) is 11.3 Å². The SMILES string of the molecule is CC(C)Cn1c(SCC(=O)NCC(C)c2ccccc2)nnc1-c1ccccc1F. The number of nitrogens with zero attached hydrogens (tertiary/aromatic N) is 3. The van der Waals surface area contributed by atoms with Crippen molar-refractivity contribution in [2.45, 2.75) is 38.4 Å². The minimum atomic E-state index is -0.334. The number of hydrogen-bond acceptors (Lipinski definition) is 4. The quantitative estimate of drug-likeness (QED) is 0.502. The number of carbonyl (C=O) groups excluding carboxylic acids is 1. The molecular weight excluding hydrogens is 399 g/mol. The first-order chi connectivity index (χ1) is 14.5. The Morgan fingerprint density at radius 1 is 1.07 bits per heavy atom. The van der Waals surface area contributed by atoms with E-state index in [1.165, 1.54) is 23.4 Å². The molecule has 1 amide bonds. The Bertz CT molecular complexity index is 974. The predicted molar refractivity (Wildman–Crippen MR) is 119 cm³/mol. The molecule has 1 N–H and O–H groups in total. The van der Waals surface area contributed by atoms with Crippen molar-refractivity contribution in [1.29, 1.82) is 0 Å². The molecule has 1 aromatic heterocycles. The van der Waals surface area contributed by atoms with E-state index in [0.29, 0.717) is 35.6 Å². The van der Waals surface area contributed by atoms with E-state index in [-0.39, 0.29) is 23.4 Å². The first-order valence-corrected chi connectivity index (χ1v) is 11.1. The molecule has 7 heteroatoms. The van der Waals surface area contributed by atoms with Crippen LogP contribution < -0.4 is 5.32 Å². The maximum atomic E-state index is 14.3. The fraction of sp³-hybridized carbons (Fsp3) is 0.348. The van der Waals surface area contributed by atoms with Crippen LogP contribution in [0, 0.1) is 11.7 Å². The molecule has 3 aromatic rings. The highest BCUT2D eigenvalue weighted by molar-refractivity contribution is 7.99. The van der Waals surface area contributed by atoms with E-state index < -0.39 is 0 Å². The van der Waals surface area contributed by atoms with Crippen molar-refractivity contribution in [2.75, 3.05) is 12.3 Å². The standard InChI is InChI=1S/C23H27FN4OS/c1-16(2)14-28-22(19-11-7-8-12-20(19)24)26-27-23(28)30-15-21(29)25-13-17(3)18-9-5-4-6-10-18/h4-12,16-17H,13-15H2,1-3H3,(H,25,29). The normalized spacial score (nSPS) is 12.2. The Morgan fingerprint density at radius 3 is 2.47 bits per heavy atom. The van der Waals surface area contributed by atoms with Gasteiger partial charge in [0.15, 0.2) is 11.0 Å². The van der Waals surface area contributed by atoms with Crippen LogP contribution in [0.25, 0.3) is 11.4 Å². The molecule has 0 bridgehead atoms. The van der Waals surface area contributed by atoms with Gasteiger partial charge in [0.05, 0.1) is 11.3 Å². The molecule has 0 aliphatic carbocycles. The summed E-state index contributed by atoms with van der Waals surface area (Å²) in [5.41, 5.74) is 1.61. The Hall–Kier alpha value is -2.67. The molecule has 0 fully saturated rings. The summed E-state index contributed by atoms with van der Waals surface area (Å²) in [5, 5.41) is 12.0. The summed E-state index contributed by atoms with van der Waals surface area (Å²) in [6.07, 6.45) is 0. The van der Waals surface area contributed by atoms with Gasteiger partial charge in [-0.3, -0.25) is 4.79 Å². The third-order valence-electron chi connectivity index (χ3n) is 4.69. The first-order valence-electron chi connectivity index (χ1n) is 10.1. The van der Waals surface area contributed by atoms with Gasteiger partial charge in [-0.2, -0.15) is 0 Å². The van der Waals surface area contributed by atoms with Gasteiger partial charge in [-0.1, -0.05) is 75.0 Å². The lowest BCUT2D eigenvalue weighted by molar-refractivity contribution is -0.118. The summed E-state index contributed by atoms with van der Waals surface area (Å²) in [6, 6.07) is 16.6. The van der Waals surface area contributed by atoms with E-state index in [1.54, 1.807) is 18.2 Å². The van der Waals surface area contributed by atoms with E-state index in [4.69, 9.17) is 0 Å². The number of nitrogens with one attached hydrogen (secondary N) is 1. The molecule has 0 aliphatic rings. The first kappa shape index (κ1) is 22.0. The number of amides is 1. The van der Waals surface area contributed by atoms with Gasteiger partial charge >= 0.3 is 0 Å².